The first-order valence-corrected chi connectivity index (χ1v) is 7.35. The molecule has 0 aromatic heterocycles. The van der Waals surface area contributed by atoms with E-state index in [-0.39, 0.29) is 29.6 Å². The van der Waals surface area contributed by atoms with Gasteiger partial charge in [0.25, 0.3) is 0 Å². The van der Waals surface area contributed by atoms with Crippen molar-refractivity contribution in [3.05, 3.63) is 0 Å². The predicted molar refractivity (Wildman–Crippen MR) is 60.3 cm³/mol. The summed E-state index contributed by atoms with van der Waals surface area (Å²) in [5, 5.41) is 9.05. The first-order chi connectivity index (χ1) is 6.96. The Kier molecular flexibility index (Phi) is 4.14. The van der Waals surface area contributed by atoms with Crippen molar-refractivity contribution in [3.8, 4) is 0 Å². The Morgan fingerprint density at radius 2 is 2.20 bits per heavy atom. The van der Waals surface area contributed by atoms with Crippen LogP contribution in [0.25, 0.3) is 0 Å². The van der Waals surface area contributed by atoms with Crippen LogP contribution in [-0.2, 0) is 9.84 Å². The van der Waals surface area contributed by atoms with E-state index in [1.807, 2.05) is 6.92 Å². The minimum absolute atomic E-state index is 0.0171. The molecule has 2 atom stereocenters. The van der Waals surface area contributed by atoms with Gasteiger partial charge in [0.2, 0.25) is 0 Å². The van der Waals surface area contributed by atoms with Gasteiger partial charge in [0.15, 0.2) is 9.84 Å². The molecule has 0 radical (unpaired) electrons. The normalized spacial score (nSPS) is 32.5. The van der Waals surface area contributed by atoms with E-state index in [9.17, 15) is 8.42 Å². The van der Waals surface area contributed by atoms with Crippen LogP contribution in [0.2, 0.25) is 0 Å². The first-order valence-electron chi connectivity index (χ1n) is 5.52. The highest BCUT2D eigenvalue weighted by Gasteiger charge is 2.42. The molecule has 0 saturated carbocycles. The molecule has 90 valence electrons. The van der Waals surface area contributed by atoms with E-state index >= 15 is 0 Å². The molecule has 0 aliphatic carbocycles. The molecule has 15 heavy (non-hydrogen) atoms. The lowest BCUT2D eigenvalue weighted by Gasteiger charge is -2.41. The molecule has 1 fully saturated rings. The van der Waals surface area contributed by atoms with Crippen LogP contribution < -0.4 is 5.73 Å². The fourth-order valence-electron chi connectivity index (χ4n) is 2.56. The Morgan fingerprint density at radius 3 is 2.67 bits per heavy atom. The highest BCUT2D eigenvalue weighted by molar-refractivity contribution is 7.91. The average Bonchev–Trinajstić information content (AvgIpc) is 2.15. The van der Waals surface area contributed by atoms with Crippen molar-refractivity contribution in [2.24, 2.45) is 11.1 Å². The summed E-state index contributed by atoms with van der Waals surface area (Å²) in [5.41, 5.74) is 5.63. The Hall–Kier alpha value is -0.130. The lowest BCUT2D eigenvalue weighted by molar-refractivity contribution is 0.149. The van der Waals surface area contributed by atoms with Crippen molar-refractivity contribution in [2.45, 2.75) is 38.6 Å². The number of aliphatic hydroxyl groups excluding tert-OH is 1. The zero-order valence-electron chi connectivity index (χ0n) is 9.28. The van der Waals surface area contributed by atoms with Gasteiger partial charge in [-0.25, -0.2) is 8.42 Å². The van der Waals surface area contributed by atoms with Gasteiger partial charge in [-0.1, -0.05) is 6.92 Å². The van der Waals surface area contributed by atoms with Crippen LogP contribution in [0.3, 0.4) is 0 Å². The minimum atomic E-state index is -2.96. The van der Waals surface area contributed by atoms with Crippen LogP contribution in [0, 0.1) is 5.41 Å². The van der Waals surface area contributed by atoms with E-state index in [2.05, 4.69) is 0 Å². The number of hydrogen-bond donors (Lipinski definition) is 2. The Balaban J connectivity index is 2.90. The fourth-order valence-corrected chi connectivity index (χ4v) is 4.66. The summed E-state index contributed by atoms with van der Waals surface area (Å²) in [7, 11) is -2.96. The molecule has 1 aliphatic rings. The highest BCUT2D eigenvalue weighted by Crippen LogP contribution is 2.38. The summed E-state index contributed by atoms with van der Waals surface area (Å²) in [5.74, 6) is 0.423. The lowest BCUT2D eigenvalue weighted by Crippen LogP contribution is -2.49. The van der Waals surface area contributed by atoms with Gasteiger partial charge in [-0.05, 0) is 25.7 Å². The summed E-state index contributed by atoms with van der Waals surface area (Å²) < 4.78 is 23.2. The van der Waals surface area contributed by atoms with Crippen molar-refractivity contribution in [1.29, 1.82) is 0 Å². The fraction of sp³-hybridized carbons (Fsp3) is 1.00. The molecule has 2 unspecified atom stereocenters. The number of sulfone groups is 1. The predicted octanol–water partition coefficient (Wildman–Crippen LogP) is 0.301. The van der Waals surface area contributed by atoms with Crippen LogP contribution in [0.5, 0.6) is 0 Å². The van der Waals surface area contributed by atoms with Crippen LogP contribution in [-0.4, -0.2) is 37.7 Å². The Morgan fingerprint density at radius 1 is 1.53 bits per heavy atom. The third kappa shape index (κ3) is 2.92. The molecule has 1 rings (SSSR count). The van der Waals surface area contributed by atoms with Crippen molar-refractivity contribution < 1.29 is 13.5 Å². The van der Waals surface area contributed by atoms with E-state index in [1.54, 1.807) is 0 Å². The van der Waals surface area contributed by atoms with Crippen LogP contribution in [0.1, 0.15) is 32.6 Å². The number of hydrogen-bond acceptors (Lipinski definition) is 4. The molecule has 0 aromatic carbocycles. The second-order valence-corrected chi connectivity index (χ2v) is 6.73. The molecule has 0 bridgehead atoms. The largest absolute Gasteiger partial charge is 0.396 e. The summed E-state index contributed by atoms with van der Waals surface area (Å²) >= 11 is 0. The van der Waals surface area contributed by atoms with Crippen LogP contribution >= 0.6 is 0 Å². The van der Waals surface area contributed by atoms with Gasteiger partial charge in [-0.15, -0.1) is 0 Å². The van der Waals surface area contributed by atoms with Gasteiger partial charge in [0.1, 0.15) is 0 Å². The van der Waals surface area contributed by atoms with E-state index in [4.69, 9.17) is 10.8 Å². The maximum Gasteiger partial charge on any atom is 0.150 e. The van der Waals surface area contributed by atoms with E-state index in [1.165, 1.54) is 0 Å². The van der Waals surface area contributed by atoms with Crippen molar-refractivity contribution in [3.63, 3.8) is 0 Å². The smallest absolute Gasteiger partial charge is 0.150 e. The first kappa shape index (κ1) is 12.9. The Labute approximate surface area is 91.8 Å². The summed E-state index contributed by atoms with van der Waals surface area (Å²) in [6, 6.07) is -0.125. The molecule has 3 N–H and O–H groups in total. The maximum absolute atomic E-state index is 11.6. The zero-order chi connectivity index (χ0) is 11.5. The number of nitrogens with two attached hydrogens (primary N) is 1. The van der Waals surface area contributed by atoms with Gasteiger partial charge in [-0.2, -0.15) is 0 Å². The van der Waals surface area contributed by atoms with Gasteiger partial charge in [0, 0.05) is 18.1 Å². The molecule has 0 amide bonds. The minimum Gasteiger partial charge on any atom is -0.396 e. The summed E-state index contributed by atoms with van der Waals surface area (Å²) in [6.45, 7) is 1.98. The third-order valence-corrected chi connectivity index (χ3v) is 5.40. The van der Waals surface area contributed by atoms with Crippen LogP contribution in [0.15, 0.2) is 0 Å². The van der Waals surface area contributed by atoms with E-state index < -0.39 is 9.84 Å². The Bertz CT molecular complexity index is 298. The van der Waals surface area contributed by atoms with Crippen molar-refractivity contribution in [2.75, 3.05) is 18.1 Å². The molecule has 0 spiro atoms. The van der Waals surface area contributed by atoms with Crippen molar-refractivity contribution >= 4 is 9.84 Å². The molecular formula is C10H21NO3S. The molecular weight excluding hydrogens is 214 g/mol. The number of rotatable bonds is 4. The SMILES string of the molecule is CCC(N)C1(CCO)CCCS(=O)(=O)C1. The van der Waals surface area contributed by atoms with Gasteiger partial charge < -0.3 is 10.8 Å². The molecule has 1 heterocycles. The summed E-state index contributed by atoms with van der Waals surface area (Å²) in [6.07, 6.45) is 2.76. The second kappa shape index (κ2) is 4.80. The molecule has 4 nitrogen and oxygen atoms in total. The maximum atomic E-state index is 11.6. The molecule has 1 saturated heterocycles. The highest BCUT2D eigenvalue weighted by atomic mass is 32.2. The van der Waals surface area contributed by atoms with Gasteiger partial charge >= 0.3 is 0 Å². The standard InChI is InChI=1S/C10H21NO3S/c1-2-9(11)10(5-6-12)4-3-7-15(13,14)8-10/h9,12H,2-8,11H2,1H3. The third-order valence-electron chi connectivity index (χ3n) is 3.47. The van der Waals surface area contributed by atoms with E-state index in [0.29, 0.717) is 12.8 Å². The van der Waals surface area contributed by atoms with E-state index in [0.717, 1.165) is 12.8 Å². The quantitative estimate of drug-likeness (QED) is 0.734. The molecule has 0 aromatic rings. The van der Waals surface area contributed by atoms with Crippen molar-refractivity contribution in [1.82, 2.24) is 0 Å². The average molecular weight is 235 g/mol. The van der Waals surface area contributed by atoms with Crippen LogP contribution in [0.4, 0.5) is 0 Å². The number of aliphatic hydroxyl groups is 1. The topological polar surface area (TPSA) is 80.4 Å². The monoisotopic (exact) mass is 235 g/mol. The lowest BCUT2D eigenvalue weighted by atomic mass is 9.74. The van der Waals surface area contributed by atoms with Gasteiger partial charge in [0.05, 0.1) is 11.5 Å². The molecule has 1 aliphatic heterocycles. The zero-order valence-corrected chi connectivity index (χ0v) is 10.1. The van der Waals surface area contributed by atoms with Gasteiger partial charge in [-0.3, -0.25) is 0 Å². The second-order valence-electron chi connectivity index (χ2n) is 4.55. The summed E-state index contributed by atoms with van der Waals surface area (Å²) in [4.78, 5) is 0. The molecule has 5 heteroatoms.